The van der Waals surface area contributed by atoms with Crippen molar-refractivity contribution in [1.82, 2.24) is 9.80 Å². The highest BCUT2D eigenvalue weighted by atomic mass is 15.2. The predicted octanol–water partition coefficient (Wildman–Crippen LogP) is 2.07. The zero-order valence-electron chi connectivity index (χ0n) is 10.1. The van der Waals surface area contributed by atoms with E-state index in [2.05, 4.69) is 61.2 Å². The van der Waals surface area contributed by atoms with Gasteiger partial charge in [0, 0.05) is 19.6 Å². The normalized spacial score (nSPS) is 11.3. The van der Waals surface area contributed by atoms with Crippen LogP contribution in [-0.2, 0) is 6.54 Å². The maximum absolute atomic E-state index is 2.47. The molecule has 0 aromatic heterocycles. The van der Waals surface area contributed by atoms with E-state index in [4.69, 9.17) is 0 Å². The van der Waals surface area contributed by atoms with E-state index in [0.29, 0.717) is 0 Å². The first kappa shape index (κ1) is 12.2. The lowest BCUT2D eigenvalue weighted by molar-refractivity contribution is 0.244. The molecule has 0 amide bonds. The molecule has 84 valence electrons. The second-order valence-electron chi connectivity index (χ2n) is 4.16. The summed E-state index contributed by atoms with van der Waals surface area (Å²) in [7, 11) is 4.24. The van der Waals surface area contributed by atoms with Gasteiger partial charge in [0.15, 0.2) is 0 Å². The van der Waals surface area contributed by atoms with Gasteiger partial charge in [-0.25, -0.2) is 0 Å². The second-order valence-corrected chi connectivity index (χ2v) is 4.16. The van der Waals surface area contributed by atoms with E-state index < -0.39 is 0 Å². The van der Waals surface area contributed by atoms with E-state index in [1.165, 1.54) is 5.56 Å². The molecule has 0 saturated carbocycles. The maximum atomic E-state index is 2.47. The van der Waals surface area contributed by atoms with Crippen LogP contribution in [0.15, 0.2) is 30.3 Å². The molecule has 0 unspecified atom stereocenters. The third kappa shape index (κ3) is 4.96. The average molecular weight is 206 g/mol. The van der Waals surface area contributed by atoms with Gasteiger partial charge in [0.25, 0.3) is 0 Å². The van der Waals surface area contributed by atoms with Gasteiger partial charge in [-0.15, -0.1) is 0 Å². The van der Waals surface area contributed by atoms with Crippen molar-refractivity contribution in [2.45, 2.75) is 13.5 Å². The summed E-state index contributed by atoms with van der Waals surface area (Å²) in [4.78, 5) is 4.70. The van der Waals surface area contributed by atoms with Gasteiger partial charge in [0.05, 0.1) is 0 Å². The molecule has 0 bridgehead atoms. The Morgan fingerprint density at radius 1 is 1.00 bits per heavy atom. The summed E-state index contributed by atoms with van der Waals surface area (Å²) in [5.74, 6) is 0. The second kappa shape index (κ2) is 6.59. The van der Waals surface area contributed by atoms with Crippen LogP contribution < -0.4 is 0 Å². The monoisotopic (exact) mass is 206 g/mol. The van der Waals surface area contributed by atoms with Gasteiger partial charge in [0.1, 0.15) is 0 Å². The molecule has 0 saturated heterocycles. The van der Waals surface area contributed by atoms with Gasteiger partial charge in [-0.2, -0.15) is 0 Å². The number of hydrogen-bond donors (Lipinski definition) is 0. The third-order valence-corrected chi connectivity index (χ3v) is 2.56. The van der Waals surface area contributed by atoms with E-state index >= 15 is 0 Å². The van der Waals surface area contributed by atoms with Crippen LogP contribution in [0.4, 0.5) is 0 Å². The Kier molecular flexibility index (Phi) is 5.37. The average Bonchev–Trinajstić information content (AvgIpc) is 2.25. The van der Waals surface area contributed by atoms with Gasteiger partial charge in [-0.3, -0.25) is 4.90 Å². The maximum Gasteiger partial charge on any atom is 0.0234 e. The smallest absolute Gasteiger partial charge is 0.0234 e. The van der Waals surface area contributed by atoms with Crippen LogP contribution in [0.3, 0.4) is 0 Å². The predicted molar refractivity (Wildman–Crippen MR) is 65.9 cm³/mol. The number of rotatable bonds is 6. The Hall–Kier alpha value is -0.860. The Morgan fingerprint density at radius 3 is 2.20 bits per heavy atom. The Morgan fingerprint density at radius 2 is 1.67 bits per heavy atom. The SMILES string of the molecule is CCN(CCN(C)C)Cc1ccccc1. The van der Waals surface area contributed by atoms with Crippen molar-refractivity contribution in [3.05, 3.63) is 35.9 Å². The highest BCUT2D eigenvalue weighted by Gasteiger charge is 2.03. The van der Waals surface area contributed by atoms with Crippen LogP contribution in [0.25, 0.3) is 0 Å². The molecule has 0 heterocycles. The summed E-state index contributed by atoms with van der Waals surface area (Å²) in [6.07, 6.45) is 0. The van der Waals surface area contributed by atoms with Gasteiger partial charge in [-0.05, 0) is 26.2 Å². The topological polar surface area (TPSA) is 6.48 Å². The summed E-state index contributed by atoms with van der Waals surface area (Å²) >= 11 is 0. The fourth-order valence-electron chi connectivity index (χ4n) is 1.53. The number of benzene rings is 1. The van der Waals surface area contributed by atoms with Crippen LogP contribution in [0.5, 0.6) is 0 Å². The minimum Gasteiger partial charge on any atom is -0.308 e. The lowest BCUT2D eigenvalue weighted by atomic mass is 10.2. The molecule has 0 aliphatic carbocycles. The number of hydrogen-bond acceptors (Lipinski definition) is 2. The first-order valence-electron chi connectivity index (χ1n) is 5.63. The van der Waals surface area contributed by atoms with E-state index in [0.717, 1.165) is 26.2 Å². The molecular formula is C13H22N2. The molecule has 0 atom stereocenters. The zero-order valence-corrected chi connectivity index (χ0v) is 10.1. The van der Waals surface area contributed by atoms with Crippen LogP contribution in [0.1, 0.15) is 12.5 Å². The summed E-state index contributed by atoms with van der Waals surface area (Å²) in [5.41, 5.74) is 1.40. The molecule has 0 fully saturated rings. The lowest BCUT2D eigenvalue weighted by Gasteiger charge is -2.22. The standard InChI is InChI=1S/C13H22N2/c1-4-15(11-10-14(2)3)12-13-8-6-5-7-9-13/h5-9H,4,10-12H2,1-3H3. The molecule has 0 aliphatic rings. The van der Waals surface area contributed by atoms with Crippen LogP contribution in [-0.4, -0.2) is 43.5 Å². The molecule has 15 heavy (non-hydrogen) atoms. The number of likely N-dealkylation sites (N-methyl/N-ethyl adjacent to an activating group) is 2. The largest absolute Gasteiger partial charge is 0.308 e. The van der Waals surface area contributed by atoms with Crippen molar-refractivity contribution in [2.75, 3.05) is 33.7 Å². The first-order chi connectivity index (χ1) is 7.22. The van der Waals surface area contributed by atoms with Gasteiger partial charge in [-0.1, -0.05) is 37.3 Å². The van der Waals surface area contributed by atoms with E-state index in [1.807, 2.05) is 0 Å². The van der Waals surface area contributed by atoms with E-state index in [1.54, 1.807) is 0 Å². The van der Waals surface area contributed by atoms with Crippen molar-refractivity contribution in [1.29, 1.82) is 0 Å². The van der Waals surface area contributed by atoms with Crippen molar-refractivity contribution in [3.63, 3.8) is 0 Å². The molecule has 1 aromatic rings. The zero-order chi connectivity index (χ0) is 11.1. The molecule has 1 rings (SSSR count). The molecule has 1 aromatic carbocycles. The Bertz CT molecular complexity index is 256. The minimum atomic E-state index is 1.06. The number of nitrogens with zero attached hydrogens (tertiary/aromatic N) is 2. The minimum absolute atomic E-state index is 1.06. The Balaban J connectivity index is 2.40. The van der Waals surface area contributed by atoms with Crippen LogP contribution in [0, 0.1) is 0 Å². The fraction of sp³-hybridized carbons (Fsp3) is 0.538. The Labute approximate surface area is 93.5 Å². The molecule has 0 aliphatic heterocycles. The molecule has 2 heteroatoms. The van der Waals surface area contributed by atoms with Crippen LogP contribution >= 0.6 is 0 Å². The summed E-state index contributed by atoms with van der Waals surface area (Å²) in [5, 5.41) is 0. The highest BCUT2D eigenvalue weighted by molar-refractivity contribution is 5.14. The van der Waals surface area contributed by atoms with Crippen LogP contribution in [0.2, 0.25) is 0 Å². The summed E-state index contributed by atoms with van der Waals surface area (Å²) in [6, 6.07) is 10.7. The van der Waals surface area contributed by atoms with Gasteiger partial charge in [0.2, 0.25) is 0 Å². The van der Waals surface area contributed by atoms with Crippen molar-refractivity contribution < 1.29 is 0 Å². The van der Waals surface area contributed by atoms with Crippen molar-refractivity contribution >= 4 is 0 Å². The lowest BCUT2D eigenvalue weighted by Crippen LogP contribution is -2.31. The molecular weight excluding hydrogens is 184 g/mol. The molecule has 2 nitrogen and oxygen atoms in total. The molecule has 0 N–H and O–H groups in total. The quantitative estimate of drug-likeness (QED) is 0.703. The summed E-state index contributed by atoms with van der Waals surface area (Å²) < 4.78 is 0. The highest BCUT2D eigenvalue weighted by Crippen LogP contribution is 2.03. The summed E-state index contributed by atoms with van der Waals surface area (Å²) in [6.45, 7) is 6.66. The molecule has 0 spiro atoms. The van der Waals surface area contributed by atoms with Gasteiger partial charge < -0.3 is 4.90 Å². The fourth-order valence-corrected chi connectivity index (χ4v) is 1.53. The van der Waals surface area contributed by atoms with Crippen molar-refractivity contribution in [2.24, 2.45) is 0 Å². The third-order valence-electron chi connectivity index (χ3n) is 2.56. The molecule has 0 radical (unpaired) electrons. The van der Waals surface area contributed by atoms with E-state index in [9.17, 15) is 0 Å². The van der Waals surface area contributed by atoms with Gasteiger partial charge >= 0.3 is 0 Å². The van der Waals surface area contributed by atoms with E-state index in [-0.39, 0.29) is 0 Å². The van der Waals surface area contributed by atoms with Crippen molar-refractivity contribution in [3.8, 4) is 0 Å². The first-order valence-corrected chi connectivity index (χ1v) is 5.63.